The van der Waals surface area contributed by atoms with Crippen molar-refractivity contribution in [2.75, 3.05) is 31.1 Å². The van der Waals surface area contributed by atoms with E-state index in [-0.39, 0.29) is 0 Å². The van der Waals surface area contributed by atoms with Gasteiger partial charge in [0.25, 0.3) is 0 Å². The van der Waals surface area contributed by atoms with E-state index in [9.17, 15) is 5.11 Å². The Kier molecular flexibility index (Phi) is 3.66. The standard InChI is InChI=1S/C19H28N2O/c1-15-13-21(14-19(15,22)16-7-8-16)18-9-11-20(12-10-18)17-5-3-2-4-6-17/h2-6,15-16,18,22H,7-14H2,1H3/t15-,19+/m1/s1. The van der Waals surface area contributed by atoms with Crippen LogP contribution in [-0.4, -0.2) is 47.8 Å². The van der Waals surface area contributed by atoms with Crippen molar-refractivity contribution in [2.24, 2.45) is 11.8 Å². The van der Waals surface area contributed by atoms with Crippen molar-refractivity contribution in [3.63, 3.8) is 0 Å². The first kappa shape index (κ1) is 14.5. The lowest BCUT2D eigenvalue weighted by Gasteiger charge is -2.38. The van der Waals surface area contributed by atoms with Crippen molar-refractivity contribution in [3.05, 3.63) is 30.3 Å². The number of likely N-dealkylation sites (tertiary alicyclic amines) is 1. The van der Waals surface area contributed by atoms with Gasteiger partial charge in [-0.3, -0.25) is 4.90 Å². The van der Waals surface area contributed by atoms with E-state index >= 15 is 0 Å². The fourth-order valence-electron chi connectivity index (χ4n) is 4.58. The minimum atomic E-state index is -0.392. The Hall–Kier alpha value is -1.06. The van der Waals surface area contributed by atoms with Gasteiger partial charge in [-0.05, 0) is 49.7 Å². The second-order valence-corrected chi connectivity index (χ2v) is 7.65. The van der Waals surface area contributed by atoms with E-state index in [1.165, 1.54) is 31.4 Å². The molecular weight excluding hydrogens is 272 g/mol. The molecule has 2 atom stereocenters. The Balaban J connectivity index is 1.36. The molecule has 2 heterocycles. The predicted octanol–water partition coefficient (Wildman–Crippen LogP) is 2.75. The van der Waals surface area contributed by atoms with Crippen LogP contribution in [0, 0.1) is 11.8 Å². The van der Waals surface area contributed by atoms with Gasteiger partial charge in [-0.2, -0.15) is 0 Å². The summed E-state index contributed by atoms with van der Waals surface area (Å²) >= 11 is 0. The topological polar surface area (TPSA) is 26.7 Å². The molecule has 3 nitrogen and oxygen atoms in total. The lowest BCUT2D eigenvalue weighted by atomic mass is 9.88. The van der Waals surface area contributed by atoms with Crippen LogP contribution in [0.5, 0.6) is 0 Å². The number of hydrogen-bond acceptors (Lipinski definition) is 3. The molecule has 0 radical (unpaired) electrons. The maximum Gasteiger partial charge on any atom is 0.0839 e. The quantitative estimate of drug-likeness (QED) is 0.930. The van der Waals surface area contributed by atoms with Crippen molar-refractivity contribution >= 4 is 5.69 Å². The van der Waals surface area contributed by atoms with Crippen LogP contribution in [0.25, 0.3) is 0 Å². The van der Waals surface area contributed by atoms with Crippen molar-refractivity contribution in [2.45, 2.75) is 44.2 Å². The maximum atomic E-state index is 11.0. The Labute approximate surface area is 133 Å². The molecule has 0 amide bonds. The second-order valence-electron chi connectivity index (χ2n) is 7.65. The van der Waals surface area contributed by atoms with Crippen molar-refractivity contribution in [1.82, 2.24) is 4.90 Å². The molecule has 1 aliphatic carbocycles. The number of nitrogens with zero attached hydrogens (tertiary/aromatic N) is 2. The summed E-state index contributed by atoms with van der Waals surface area (Å²) in [5, 5.41) is 11.0. The number of anilines is 1. The van der Waals surface area contributed by atoms with Gasteiger partial charge < -0.3 is 10.0 Å². The molecule has 1 N–H and O–H groups in total. The first-order chi connectivity index (χ1) is 10.7. The van der Waals surface area contributed by atoms with Crippen molar-refractivity contribution in [3.8, 4) is 0 Å². The van der Waals surface area contributed by atoms with E-state index in [0.29, 0.717) is 17.9 Å². The monoisotopic (exact) mass is 300 g/mol. The number of β-amino-alcohol motifs (C(OH)–C–C–N with tert-alkyl or cyclic N) is 1. The van der Waals surface area contributed by atoms with Crippen LogP contribution < -0.4 is 4.90 Å². The van der Waals surface area contributed by atoms with Gasteiger partial charge >= 0.3 is 0 Å². The molecule has 3 fully saturated rings. The SMILES string of the molecule is C[C@@H]1CN(C2CCN(c3ccccc3)CC2)C[C@@]1(O)C1CC1. The average molecular weight is 300 g/mol. The molecule has 2 aliphatic heterocycles. The highest BCUT2D eigenvalue weighted by atomic mass is 16.3. The highest BCUT2D eigenvalue weighted by Gasteiger charge is 2.53. The summed E-state index contributed by atoms with van der Waals surface area (Å²) in [6.45, 7) is 6.53. The van der Waals surface area contributed by atoms with E-state index in [2.05, 4.69) is 47.1 Å². The van der Waals surface area contributed by atoms with Crippen LogP contribution in [0.1, 0.15) is 32.6 Å². The Morgan fingerprint density at radius 2 is 1.73 bits per heavy atom. The van der Waals surface area contributed by atoms with Crippen LogP contribution in [-0.2, 0) is 0 Å². The zero-order valence-electron chi connectivity index (χ0n) is 13.6. The molecule has 22 heavy (non-hydrogen) atoms. The minimum Gasteiger partial charge on any atom is -0.388 e. The molecule has 3 heteroatoms. The first-order valence-corrected chi connectivity index (χ1v) is 8.93. The molecule has 1 saturated carbocycles. The fraction of sp³-hybridized carbons (Fsp3) is 0.684. The first-order valence-electron chi connectivity index (χ1n) is 8.93. The molecule has 0 unspecified atom stereocenters. The number of aliphatic hydroxyl groups is 1. The van der Waals surface area contributed by atoms with E-state index < -0.39 is 5.60 Å². The molecule has 2 saturated heterocycles. The van der Waals surface area contributed by atoms with E-state index in [0.717, 1.165) is 26.2 Å². The summed E-state index contributed by atoms with van der Waals surface area (Å²) in [4.78, 5) is 5.09. The van der Waals surface area contributed by atoms with E-state index in [1.54, 1.807) is 0 Å². The third-order valence-electron chi connectivity index (χ3n) is 6.20. The average Bonchev–Trinajstić information content (AvgIpc) is 3.36. The van der Waals surface area contributed by atoms with Crippen molar-refractivity contribution in [1.29, 1.82) is 0 Å². The van der Waals surface area contributed by atoms with Gasteiger partial charge in [0.1, 0.15) is 0 Å². The van der Waals surface area contributed by atoms with Gasteiger partial charge in [-0.25, -0.2) is 0 Å². The van der Waals surface area contributed by atoms with E-state index in [1.807, 2.05) is 0 Å². The lowest BCUT2D eigenvalue weighted by Crippen LogP contribution is -2.46. The molecule has 0 spiro atoms. The molecule has 120 valence electrons. The molecule has 1 aromatic rings. The molecule has 0 aromatic heterocycles. The van der Waals surface area contributed by atoms with Gasteiger partial charge in [-0.1, -0.05) is 25.1 Å². The maximum absolute atomic E-state index is 11.0. The molecule has 0 bridgehead atoms. The van der Waals surface area contributed by atoms with Crippen LogP contribution in [0.3, 0.4) is 0 Å². The minimum absolute atomic E-state index is 0.392. The third kappa shape index (κ3) is 2.55. The van der Waals surface area contributed by atoms with Gasteiger partial charge in [-0.15, -0.1) is 0 Å². The summed E-state index contributed by atoms with van der Waals surface area (Å²) in [6.07, 6.45) is 4.92. The summed E-state index contributed by atoms with van der Waals surface area (Å²) in [5.74, 6) is 1.02. The largest absolute Gasteiger partial charge is 0.388 e. The Bertz CT molecular complexity index is 507. The molecular formula is C19H28N2O. The van der Waals surface area contributed by atoms with Crippen LogP contribution in [0.4, 0.5) is 5.69 Å². The van der Waals surface area contributed by atoms with Crippen LogP contribution in [0.2, 0.25) is 0 Å². The smallest absolute Gasteiger partial charge is 0.0839 e. The number of piperidine rings is 1. The van der Waals surface area contributed by atoms with Crippen LogP contribution in [0.15, 0.2) is 30.3 Å². The Morgan fingerprint density at radius 3 is 2.36 bits per heavy atom. The number of hydrogen-bond donors (Lipinski definition) is 1. The number of para-hydroxylation sites is 1. The number of benzene rings is 1. The van der Waals surface area contributed by atoms with Gasteiger partial charge in [0.2, 0.25) is 0 Å². The predicted molar refractivity (Wildman–Crippen MR) is 90.1 cm³/mol. The van der Waals surface area contributed by atoms with Gasteiger partial charge in [0, 0.05) is 37.9 Å². The van der Waals surface area contributed by atoms with E-state index in [4.69, 9.17) is 0 Å². The summed E-state index contributed by atoms with van der Waals surface area (Å²) in [6, 6.07) is 11.4. The lowest BCUT2D eigenvalue weighted by molar-refractivity contribution is -0.00706. The fourth-order valence-corrected chi connectivity index (χ4v) is 4.58. The molecule has 1 aromatic carbocycles. The zero-order chi connectivity index (χ0) is 15.2. The second kappa shape index (κ2) is 5.54. The molecule has 4 rings (SSSR count). The summed E-state index contributed by atoms with van der Waals surface area (Å²) < 4.78 is 0. The highest BCUT2D eigenvalue weighted by Crippen LogP contribution is 2.47. The zero-order valence-corrected chi connectivity index (χ0v) is 13.6. The normalized spacial score (nSPS) is 34.3. The Morgan fingerprint density at radius 1 is 1.05 bits per heavy atom. The molecule has 3 aliphatic rings. The summed E-state index contributed by atoms with van der Waals surface area (Å²) in [5.41, 5.74) is 0.960. The highest BCUT2D eigenvalue weighted by molar-refractivity contribution is 5.46. The number of rotatable bonds is 3. The van der Waals surface area contributed by atoms with Gasteiger partial charge in [0.05, 0.1) is 5.60 Å². The third-order valence-corrected chi connectivity index (χ3v) is 6.20. The van der Waals surface area contributed by atoms with Gasteiger partial charge in [0.15, 0.2) is 0 Å². The van der Waals surface area contributed by atoms with Crippen molar-refractivity contribution < 1.29 is 5.11 Å². The summed E-state index contributed by atoms with van der Waals surface area (Å²) in [7, 11) is 0. The van der Waals surface area contributed by atoms with Crippen LogP contribution >= 0.6 is 0 Å².